The minimum atomic E-state index is -0.587. The fraction of sp³-hybridized carbons (Fsp3) is 0.500. The van der Waals surface area contributed by atoms with Crippen LogP contribution in [0.5, 0.6) is 0 Å². The van der Waals surface area contributed by atoms with E-state index in [-0.39, 0.29) is 41.1 Å². The number of carbonyl (C=O) groups is 3. The van der Waals surface area contributed by atoms with Gasteiger partial charge in [0, 0.05) is 13.1 Å². The molecule has 2 heterocycles. The van der Waals surface area contributed by atoms with Gasteiger partial charge in [-0.25, -0.2) is 9.59 Å². The zero-order valence-corrected chi connectivity index (χ0v) is 16.4. The van der Waals surface area contributed by atoms with Gasteiger partial charge in [-0.15, -0.1) is 11.3 Å². The molecule has 0 radical (unpaired) electrons. The lowest BCUT2D eigenvalue weighted by molar-refractivity contribution is -0.118. The number of carbonyl (C=O) groups excluding carboxylic acids is 3. The second kappa shape index (κ2) is 10.2. The zero-order chi connectivity index (χ0) is 19.8. The van der Waals surface area contributed by atoms with E-state index in [0.29, 0.717) is 31.9 Å². The van der Waals surface area contributed by atoms with E-state index in [9.17, 15) is 14.4 Å². The van der Waals surface area contributed by atoms with Gasteiger partial charge < -0.3 is 19.5 Å². The molecule has 1 amide bonds. The van der Waals surface area contributed by atoms with Crippen molar-refractivity contribution in [2.24, 2.45) is 0 Å². The number of nitrogens with one attached hydrogen (secondary N) is 1. The van der Waals surface area contributed by atoms with Crippen molar-refractivity contribution in [3.8, 4) is 0 Å². The van der Waals surface area contributed by atoms with Gasteiger partial charge in [-0.05, 0) is 19.4 Å². The van der Waals surface area contributed by atoms with E-state index in [4.69, 9.17) is 14.2 Å². The Morgan fingerprint density at radius 3 is 2.59 bits per heavy atom. The van der Waals surface area contributed by atoms with E-state index in [1.807, 2.05) is 4.90 Å². The molecule has 0 aromatic carbocycles. The van der Waals surface area contributed by atoms with Crippen molar-refractivity contribution in [3.05, 3.63) is 28.7 Å². The smallest absolute Gasteiger partial charge is 0.348 e. The Kier molecular flexibility index (Phi) is 7.96. The summed E-state index contributed by atoms with van der Waals surface area (Å²) in [6, 6.07) is 0. The minimum Gasteiger partial charge on any atom is -0.462 e. The van der Waals surface area contributed by atoms with E-state index >= 15 is 0 Å². The summed E-state index contributed by atoms with van der Waals surface area (Å²) in [7, 11) is 0. The third-order valence-corrected chi connectivity index (χ3v) is 5.06. The second-order valence-electron chi connectivity index (χ2n) is 5.80. The molecule has 148 valence electrons. The molecular formula is C18H24N2O6S. The number of ether oxygens (including phenoxy) is 3. The number of morpholine rings is 1. The Balaban J connectivity index is 2.21. The molecule has 1 aromatic rings. The van der Waals surface area contributed by atoms with E-state index in [1.165, 1.54) is 6.08 Å². The van der Waals surface area contributed by atoms with Crippen LogP contribution < -0.4 is 5.32 Å². The molecule has 0 unspecified atom stereocenters. The van der Waals surface area contributed by atoms with Crippen molar-refractivity contribution in [1.29, 1.82) is 0 Å². The van der Waals surface area contributed by atoms with E-state index in [1.54, 1.807) is 13.8 Å². The number of hydrogen-bond donors (Lipinski definition) is 1. The van der Waals surface area contributed by atoms with Crippen LogP contribution in [0, 0.1) is 6.92 Å². The fourth-order valence-corrected chi connectivity index (χ4v) is 3.68. The molecule has 0 bridgehead atoms. The zero-order valence-electron chi connectivity index (χ0n) is 15.5. The van der Waals surface area contributed by atoms with Gasteiger partial charge in [0.05, 0.1) is 31.9 Å². The first-order valence-electron chi connectivity index (χ1n) is 8.66. The molecule has 1 aliphatic rings. The number of esters is 2. The van der Waals surface area contributed by atoms with Gasteiger partial charge in [0.1, 0.15) is 16.5 Å². The van der Waals surface area contributed by atoms with Crippen LogP contribution in [0.15, 0.2) is 12.7 Å². The van der Waals surface area contributed by atoms with Crippen LogP contribution in [0.1, 0.15) is 32.5 Å². The Morgan fingerprint density at radius 2 is 1.96 bits per heavy atom. The van der Waals surface area contributed by atoms with Crippen molar-refractivity contribution in [1.82, 2.24) is 4.90 Å². The number of hydrogen-bond acceptors (Lipinski definition) is 8. The first-order valence-corrected chi connectivity index (χ1v) is 9.48. The number of thiophene rings is 1. The lowest BCUT2D eigenvalue weighted by Crippen LogP contribution is -2.41. The summed E-state index contributed by atoms with van der Waals surface area (Å²) in [6.45, 7) is 9.74. The Morgan fingerprint density at radius 1 is 1.26 bits per heavy atom. The first kappa shape index (κ1) is 21.1. The Bertz CT molecular complexity index is 709. The first-order chi connectivity index (χ1) is 13.0. The standard InChI is InChI=1S/C18H24N2O6S/c1-4-8-26-18(23)15-12(3)14(17(22)25-5-2)16(27-15)19-13(21)11-20-6-9-24-10-7-20/h4H,1,5-11H2,2-3H3,(H,19,21). The van der Waals surface area contributed by atoms with Crippen molar-refractivity contribution in [3.63, 3.8) is 0 Å². The molecule has 27 heavy (non-hydrogen) atoms. The van der Waals surface area contributed by atoms with Crippen molar-refractivity contribution >= 4 is 34.2 Å². The third kappa shape index (κ3) is 5.62. The van der Waals surface area contributed by atoms with E-state index < -0.39 is 11.9 Å². The maximum atomic E-state index is 12.4. The van der Waals surface area contributed by atoms with Crippen LogP contribution >= 0.6 is 11.3 Å². The minimum absolute atomic E-state index is 0.0592. The van der Waals surface area contributed by atoms with E-state index in [2.05, 4.69) is 11.9 Å². The van der Waals surface area contributed by atoms with Crippen LogP contribution in [-0.2, 0) is 19.0 Å². The molecule has 0 atom stereocenters. The summed E-state index contributed by atoms with van der Waals surface area (Å²) < 4.78 is 15.4. The highest BCUT2D eigenvalue weighted by atomic mass is 32.1. The van der Waals surface area contributed by atoms with Crippen molar-refractivity contribution < 1.29 is 28.6 Å². The van der Waals surface area contributed by atoms with Crippen LogP contribution in [-0.4, -0.2) is 68.8 Å². The van der Waals surface area contributed by atoms with Gasteiger partial charge >= 0.3 is 11.9 Å². The van der Waals surface area contributed by atoms with Gasteiger partial charge in [0.25, 0.3) is 0 Å². The van der Waals surface area contributed by atoms with Gasteiger partial charge in [0.15, 0.2) is 0 Å². The summed E-state index contributed by atoms with van der Waals surface area (Å²) in [5.41, 5.74) is 0.608. The monoisotopic (exact) mass is 396 g/mol. The molecule has 0 spiro atoms. The molecule has 0 saturated carbocycles. The molecule has 9 heteroatoms. The number of nitrogens with zero attached hydrogens (tertiary/aromatic N) is 1. The predicted molar refractivity (Wildman–Crippen MR) is 101 cm³/mol. The van der Waals surface area contributed by atoms with Crippen LogP contribution in [0.3, 0.4) is 0 Å². The molecule has 8 nitrogen and oxygen atoms in total. The second-order valence-corrected chi connectivity index (χ2v) is 6.83. The highest BCUT2D eigenvalue weighted by molar-refractivity contribution is 7.18. The fourth-order valence-electron chi connectivity index (χ4n) is 2.57. The predicted octanol–water partition coefficient (Wildman–Crippen LogP) is 1.85. The van der Waals surface area contributed by atoms with Crippen molar-refractivity contribution in [2.75, 3.05) is 51.4 Å². The maximum absolute atomic E-state index is 12.4. The topological polar surface area (TPSA) is 94.2 Å². The van der Waals surface area contributed by atoms with E-state index in [0.717, 1.165) is 11.3 Å². The largest absolute Gasteiger partial charge is 0.462 e. The highest BCUT2D eigenvalue weighted by Crippen LogP contribution is 2.34. The van der Waals surface area contributed by atoms with Gasteiger partial charge in [-0.1, -0.05) is 12.7 Å². The van der Waals surface area contributed by atoms with Gasteiger partial charge in [-0.2, -0.15) is 0 Å². The summed E-state index contributed by atoms with van der Waals surface area (Å²) >= 11 is 1.00. The summed E-state index contributed by atoms with van der Waals surface area (Å²) in [6.07, 6.45) is 1.46. The van der Waals surface area contributed by atoms with Crippen LogP contribution in [0.4, 0.5) is 5.00 Å². The van der Waals surface area contributed by atoms with Crippen LogP contribution in [0.2, 0.25) is 0 Å². The average molecular weight is 396 g/mol. The average Bonchev–Trinajstić information content (AvgIpc) is 2.96. The normalized spacial score (nSPS) is 14.4. The number of rotatable bonds is 8. The molecular weight excluding hydrogens is 372 g/mol. The van der Waals surface area contributed by atoms with Gasteiger partial charge in [0.2, 0.25) is 5.91 Å². The SMILES string of the molecule is C=CCOC(=O)c1sc(NC(=O)CN2CCOCC2)c(C(=O)OCC)c1C. The molecule has 1 N–H and O–H groups in total. The number of anilines is 1. The molecule has 0 aliphatic carbocycles. The molecule has 1 saturated heterocycles. The number of amides is 1. The Labute approximate surface area is 162 Å². The third-order valence-electron chi connectivity index (χ3n) is 3.87. The summed E-state index contributed by atoms with van der Waals surface area (Å²) in [5, 5.41) is 3.02. The van der Waals surface area contributed by atoms with Gasteiger partial charge in [-0.3, -0.25) is 9.69 Å². The summed E-state index contributed by atoms with van der Waals surface area (Å²) in [5.74, 6) is -1.43. The Hall–Kier alpha value is -2.23. The van der Waals surface area contributed by atoms with Crippen molar-refractivity contribution in [2.45, 2.75) is 13.8 Å². The molecule has 1 aliphatic heterocycles. The lowest BCUT2D eigenvalue weighted by atomic mass is 10.1. The molecule has 2 rings (SSSR count). The lowest BCUT2D eigenvalue weighted by Gasteiger charge is -2.25. The highest BCUT2D eigenvalue weighted by Gasteiger charge is 2.27. The quantitative estimate of drug-likeness (QED) is 0.529. The maximum Gasteiger partial charge on any atom is 0.348 e. The molecule has 1 aromatic heterocycles. The summed E-state index contributed by atoms with van der Waals surface area (Å²) in [4.78, 5) is 39.2. The molecule has 1 fully saturated rings. The van der Waals surface area contributed by atoms with Crippen LogP contribution in [0.25, 0.3) is 0 Å².